The van der Waals surface area contributed by atoms with Crippen molar-refractivity contribution in [2.24, 2.45) is 0 Å². The third-order valence-corrected chi connectivity index (χ3v) is 8.50. The van der Waals surface area contributed by atoms with Crippen molar-refractivity contribution < 1.29 is 18.0 Å². The van der Waals surface area contributed by atoms with E-state index in [9.17, 15) is 18.0 Å². The highest BCUT2D eigenvalue weighted by atomic mass is 79.9. The topological polar surface area (TPSA) is 86.8 Å². The number of nitrogens with one attached hydrogen (secondary N) is 1. The van der Waals surface area contributed by atoms with Gasteiger partial charge < -0.3 is 10.2 Å². The molecule has 0 radical (unpaired) electrons. The van der Waals surface area contributed by atoms with Crippen LogP contribution in [0.25, 0.3) is 0 Å². The predicted molar refractivity (Wildman–Crippen MR) is 155 cm³/mol. The molecule has 0 aliphatic rings. The lowest BCUT2D eigenvalue weighted by Gasteiger charge is -2.32. The molecule has 202 valence electrons. The lowest BCUT2D eigenvalue weighted by Crippen LogP contribution is -2.51. The fourth-order valence-electron chi connectivity index (χ4n) is 3.94. The summed E-state index contributed by atoms with van der Waals surface area (Å²) in [6.45, 7) is 5.41. The van der Waals surface area contributed by atoms with Crippen molar-refractivity contribution in [2.75, 3.05) is 17.4 Å². The van der Waals surface area contributed by atoms with Gasteiger partial charge in [0.1, 0.15) is 12.6 Å². The van der Waals surface area contributed by atoms with Crippen molar-refractivity contribution in [3.63, 3.8) is 0 Å². The summed E-state index contributed by atoms with van der Waals surface area (Å²) >= 11 is 9.58. The third-order valence-electron chi connectivity index (χ3n) is 6.00. The minimum atomic E-state index is -4.12. The first-order valence-electron chi connectivity index (χ1n) is 12.2. The van der Waals surface area contributed by atoms with Gasteiger partial charge >= 0.3 is 0 Å². The predicted octanol–water partition coefficient (Wildman–Crippen LogP) is 5.55. The molecule has 0 aliphatic heterocycles. The fourth-order valence-corrected chi connectivity index (χ4v) is 6.12. The number of sulfonamides is 1. The number of amides is 2. The summed E-state index contributed by atoms with van der Waals surface area (Å²) in [6, 6.07) is 19.3. The summed E-state index contributed by atoms with van der Waals surface area (Å²) in [5, 5.41) is 3.28. The standard InChI is InChI=1S/C28H31BrClN3O4S/c1-4-15-31-28(35)21(3)32(18-22-9-8-10-23(29)17-22)27(34)19-33(26-14-13-24(30)16-20(26)2)38(36,37)25-11-6-5-7-12-25/h5-14,16-17,21H,4,15,18-19H2,1-3H3,(H,31,35)/t21-/m1/s1. The third kappa shape index (κ3) is 7.36. The molecule has 0 saturated carbocycles. The monoisotopic (exact) mass is 619 g/mol. The van der Waals surface area contributed by atoms with Crippen LogP contribution in [-0.2, 0) is 26.2 Å². The van der Waals surface area contributed by atoms with Gasteiger partial charge in [0, 0.05) is 22.6 Å². The molecule has 0 aromatic heterocycles. The Kier molecular flexibility index (Phi) is 10.4. The van der Waals surface area contributed by atoms with E-state index >= 15 is 0 Å². The number of nitrogens with zero attached hydrogens (tertiary/aromatic N) is 2. The zero-order chi connectivity index (χ0) is 27.9. The van der Waals surface area contributed by atoms with E-state index in [1.807, 2.05) is 31.2 Å². The second-order valence-corrected chi connectivity index (χ2v) is 12.1. The molecule has 1 atom stereocenters. The quantitative estimate of drug-likeness (QED) is 0.305. The molecule has 10 heteroatoms. The molecule has 2 amide bonds. The Balaban J connectivity index is 2.04. The van der Waals surface area contributed by atoms with Crippen LogP contribution in [0.5, 0.6) is 0 Å². The highest BCUT2D eigenvalue weighted by Crippen LogP contribution is 2.29. The van der Waals surface area contributed by atoms with Gasteiger partial charge in [0.05, 0.1) is 10.6 Å². The summed E-state index contributed by atoms with van der Waals surface area (Å²) in [7, 11) is -4.12. The molecule has 3 aromatic carbocycles. The largest absolute Gasteiger partial charge is 0.354 e. The number of carbonyl (C=O) groups excluding carboxylic acids is 2. The van der Waals surface area contributed by atoms with Gasteiger partial charge in [-0.2, -0.15) is 0 Å². The molecule has 3 rings (SSSR count). The van der Waals surface area contributed by atoms with Crippen molar-refractivity contribution >= 4 is 55.1 Å². The molecule has 38 heavy (non-hydrogen) atoms. The number of benzene rings is 3. The zero-order valence-corrected chi connectivity index (χ0v) is 24.7. The maximum atomic E-state index is 13.9. The minimum Gasteiger partial charge on any atom is -0.354 e. The van der Waals surface area contributed by atoms with E-state index in [4.69, 9.17) is 11.6 Å². The number of halogens is 2. The van der Waals surface area contributed by atoms with Gasteiger partial charge in [-0.15, -0.1) is 0 Å². The van der Waals surface area contributed by atoms with Crippen LogP contribution in [-0.4, -0.2) is 44.3 Å². The molecular weight excluding hydrogens is 590 g/mol. The Hall–Kier alpha value is -2.88. The van der Waals surface area contributed by atoms with E-state index in [1.54, 1.807) is 50.2 Å². The first kappa shape index (κ1) is 29.7. The summed E-state index contributed by atoms with van der Waals surface area (Å²) in [6.07, 6.45) is 0.747. The van der Waals surface area contributed by atoms with Crippen molar-refractivity contribution in [3.8, 4) is 0 Å². The number of carbonyl (C=O) groups is 2. The highest BCUT2D eigenvalue weighted by Gasteiger charge is 2.33. The molecule has 0 aliphatic carbocycles. The second-order valence-electron chi connectivity index (χ2n) is 8.87. The zero-order valence-electron chi connectivity index (χ0n) is 21.5. The maximum Gasteiger partial charge on any atom is 0.264 e. The van der Waals surface area contributed by atoms with Gasteiger partial charge in [0.15, 0.2) is 0 Å². The van der Waals surface area contributed by atoms with Crippen molar-refractivity contribution in [1.82, 2.24) is 10.2 Å². The normalized spacial score (nSPS) is 12.0. The van der Waals surface area contributed by atoms with Gasteiger partial charge in [-0.1, -0.05) is 64.8 Å². The highest BCUT2D eigenvalue weighted by molar-refractivity contribution is 9.10. The van der Waals surface area contributed by atoms with Crippen LogP contribution in [0.2, 0.25) is 5.02 Å². The first-order valence-corrected chi connectivity index (χ1v) is 14.8. The Morgan fingerprint density at radius 1 is 1.03 bits per heavy atom. The lowest BCUT2D eigenvalue weighted by molar-refractivity contribution is -0.139. The Labute approximate surface area is 238 Å². The van der Waals surface area contributed by atoms with Crippen LogP contribution in [0.15, 0.2) is 82.2 Å². The van der Waals surface area contributed by atoms with Crippen LogP contribution >= 0.6 is 27.5 Å². The fraction of sp³-hybridized carbons (Fsp3) is 0.286. The second kappa shape index (κ2) is 13.3. The average Bonchev–Trinajstić information content (AvgIpc) is 2.89. The molecular formula is C28H31BrClN3O4S. The number of hydrogen-bond acceptors (Lipinski definition) is 4. The van der Waals surface area contributed by atoms with Crippen LogP contribution in [0.4, 0.5) is 5.69 Å². The molecule has 0 heterocycles. The summed E-state index contributed by atoms with van der Waals surface area (Å²) in [4.78, 5) is 28.3. The molecule has 0 bridgehead atoms. The lowest BCUT2D eigenvalue weighted by atomic mass is 10.1. The van der Waals surface area contributed by atoms with E-state index in [2.05, 4.69) is 21.2 Å². The van der Waals surface area contributed by atoms with E-state index < -0.39 is 28.5 Å². The number of anilines is 1. The maximum absolute atomic E-state index is 13.9. The summed E-state index contributed by atoms with van der Waals surface area (Å²) in [5.74, 6) is -0.826. The molecule has 1 N–H and O–H groups in total. The number of aryl methyl sites for hydroxylation is 1. The SMILES string of the molecule is CCCNC(=O)[C@@H](C)N(Cc1cccc(Br)c1)C(=O)CN(c1ccc(Cl)cc1C)S(=O)(=O)c1ccccc1. The van der Waals surface area contributed by atoms with Gasteiger partial charge in [-0.05, 0) is 73.9 Å². The van der Waals surface area contributed by atoms with Crippen molar-refractivity contribution in [3.05, 3.63) is 93.4 Å². The molecule has 0 fully saturated rings. The van der Waals surface area contributed by atoms with Crippen LogP contribution in [0.3, 0.4) is 0 Å². The molecule has 0 spiro atoms. The van der Waals surface area contributed by atoms with Crippen molar-refractivity contribution in [1.29, 1.82) is 0 Å². The average molecular weight is 621 g/mol. The minimum absolute atomic E-state index is 0.0504. The smallest absolute Gasteiger partial charge is 0.264 e. The molecule has 3 aromatic rings. The van der Waals surface area contributed by atoms with Gasteiger partial charge in [0.2, 0.25) is 11.8 Å². The Morgan fingerprint density at radius 3 is 2.37 bits per heavy atom. The van der Waals surface area contributed by atoms with E-state index in [-0.39, 0.29) is 17.3 Å². The Morgan fingerprint density at radius 2 is 1.74 bits per heavy atom. The van der Waals surface area contributed by atoms with Crippen LogP contribution in [0, 0.1) is 6.92 Å². The van der Waals surface area contributed by atoms with E-state index in [0.29, 0.717) is 22.8 Å². The molecule has 0 saturated heterocycles. The summed E-state index contributed by atoms with van der Waals surface area (Å²) < 4.78 is 29.5. The number of hydrogen-bond donors (Lipinski definition) is 1. The van der Waals surface area contributed by atoms with Crippen molar-refractivity contribution in [2.45, 2.75) is 44.7 Å². The Bertz CT molecular complexity index is 1390. The molecule has 7 nitrogen and oxygen atoms in total. The number of rotatable bonds is 11. The van der Waals surface area contributed by atoms with E-state index in [1.165, 1.54) is 17.0 Å². The van der Waals surface area contributed by atoms with Crippen LogP contribution < -0.4 is 9.62 Å². The van der Waals surface area contributed by atoms with Gasteiger partial charge in [-0.25, -0.2) is 8.42 Å². The molecule has 0 unspecified atom stereocenters. The van der Waals surface area contributed by atoms with Gasteiger partial charge in [-0.3, -0.25) is 13.9 Å². The first-order chi connectivity index (χ1) is 18.0. The summed E-state index contributed by atoms with van der Waals surface area (Å²) in [5.41, 5.74) is 1.72. The van der Waals surface area contributed by atoms with Crippen LogP contribution in [0.1, 0.15) is 31.4 Å². The van der Waals surface area contributed by atoms with Gasteiger partial charge in [0.25, 0.3) is 10.0 Å². The van der Waals surface area contributed by atoms with E-state index in [0.717, 1.165) is 20.8 Å².